The Morgan fingerprint density at radius 1 is 0.382 bits per heavy atom. The van der Waals surface area contributed by atoms with Gasteiger partial charge in [0.25, 0.3) is 0 Å². The summed E-state index contributed by atoms with van der Waals surface area (Å²) in [6.45, 7) is 7.19. The van der Waals surface area contributed by atoms with Crippen molar-refractivity contribution in [2.45, 2.75) is 31.6 Å². The fourth-order valence-electron chi connectivity index (χ4n) is 10.8. The molecule has 2 heterocycles. The first-order valence-corrected chi connectivity index (χ1v) is 19.4. The zero-order valence-corrected chi connectivity index (χ0v) is 31.0. The van der Waals surface area contributed by atoms with E-state index in [2.05, 4.69) is 196 Å². The van der Waals surface area contributed by atoms with E-state index in [0.717, 1.165) is 21.9 Å². The highest BCUT2D eigenvalue weighted by Gasteiger charge is 2.50. The van der Waals surface area contributed by atoms with Crippen molar-refractivity contribution in [1.82, 2.24) is 0 Å². The maximum atomic E-state index is 6.48. The minimum atomic E-state index is -0.404. The van der Waals surface area contributed by atoms with Crippen LogP contribution in [0.15, 0.2) is 174 Å². The Kier molecular flexibility index (Phi) is 6.01. The molecule has 55 heavy (non-hydrogen) atoms. The SMILES string of the molecule is CC1(C)c2ccccc2-c2c(-c3ccccc3N3c4cccc5c4C(C)(c4ccccc4-5)c4c(-c5cccc6oc7ccccc7c56)cccc43)cccc21. The molecule has 0 amide bonds. The molecule has 2 aliphatic carbocycles. The number of benzene rings is 8. The predicted octanol–water partition coefficient (Wildman–Crippen LogP) is 14.3. The Morgan fingerprint density at radius 3 is 1.69 bits per heavy atom. The second-order valence-corrected chi connectivity index (χ2v) is 16.1. The smallest absolute Gasteiger partial charge is 0.136 e. The summed E-state index contributed by atoms with van der Waals surface area (Å²) < 4.78 is 6.48. The Balaban J connectivity index is 1.19. The van der Waals surface area contributed by atoms with Gasteiger partial charge in [-0.15, -0.1) is 0 Å². The highest BCUT2D eigenvalue weighted by molar-refractivity contribution is 6.14. The number of furan rings is 1. The summed E-state index contributed by atoms with van der Waals surface area (Å²) in [4.78, 5) is 2.57. The molecule has 0 spiro atoms. The molecule has 9 aromatic rings. The van der Waals surface area contributed by atoms with Crippen LogP contribution in [0.2, 0.25) is 0 Å². The lowest BCUT2D eigenvalue weighted by molar-refractivity contribution is 0.660. The van der Waals surface area contributed by atoms with Gasteiger partial charge in [-0.25, -0.2) is 0 Å². The maximum Gasteiger partial charge on any atom is 0.136 e. The molecule has 8 aromatic carbocycles. The molecule has 3 aliphatic rings. The van der Waals surface area contributed by atoms with E-state index in [1.54, 1.807) is 0 Å². The fraction of sp³-hybridized carbons (Fsp3) is 0.0943. The van der Waals surface area contributed by atoms with E-state index >= 15 is 0 Å². The van der Waals surface area contributed by atoms with Gasteiger partial charge >= 0.3 is 0 Å². The van der Waals surface area contributed by atoms with Crippen LogP contribution in [0, 0.1) is 0 Å². The van der Waals surface area contributed by atoms with Gasteiger partial charge < -0.3 is 9.32 Å². The molecule has 1 aliphatic heterocycles. The van der Waals surface area contributed by atoms with Gasteiger partial charge in [-0.3, -0.25) is 0 Å². The number of hydrogen-bond acceptors (Lipinski definition) is 2. The first-order valence-electron chi connectivity index (χ1n) is 19.4. The molecule has 1 atom stereocenters. The van der Waals surface area contributed by atoms with Crippen LogP contribution in [0.1, 0.15) is 48.6 Å². The van der Waals surface area contributed by atoms with Gasteiger partial charge in [0.15, 0.2) is 0 Å². The zero-order chi connectivity index (χ0) is 36.6. The van der Waals surface area contributed by atoms with Gasteiger partial charge in [-0.05, 0) is 104 Å². The number of anilines is 3. The molecule has 0 radical (unpaired) electrons. The number of hydrogen-bond donors (Lipinski definition) is 0. The van der Waals surface area contributed by atoms with Gasteiger partial charge in [0.1, 0.15) is 11.2 Å². The van der Waals surface area contributed by atoms with E-state index in [9.17, 15) is 0 Å². The third-order valence-electron chi connectivity index (χ3n) is 13.1. The van der Waals surface area contributed by atoms with Crippen LogP contribution in [-0.2, 0) is 10.8 Å². The number of nitrogens with zero attached hydrogens (tertiary/aromatic N) is 1. The monoisotopic (exact) mass is 703 g/mol. The normalized spacial score (nSPS) is 16.8. The van der Waals surface area contributed by atoms with E-state index in [1.807, 2.05) is 0 Å². The average Bonchev–Trinajstić information content (AvgIpc) is 3.82. The minimum Gasteiger partial charge on any atom is -0.456 e. The van der Waals surface area contributed by atoms with Crippen LogP contribution in [0.3, 0.4) is 0 Å². The van der Waals surface area contributed by atoms with E-state index in [4.69, 9.17) is 4.42 Å². The lowest BCUT2D eigenvalue weighted by Gasteiger charge is -2.44. The lowest BCUT2D eigenvalue weighted by Crippen LogP contribution is -2.33. The van der Waals surface area contributed by atoms with Gasteiger partial charge in [0.2, 0.25) is 0 Å². The van der Waals surface area contributed by atoms with E-state index in [0.29, 0.717) is 0 Å². The highest BCUT2D eigenvalue weighted by Crippen LogP contribution is 2.65. The van der Waals surface area contributed by atoms with Crippen LogP contribution in [0.5, 0.6) is 0 Å². The third kappa shape index (κ3) is 3.84. The molecule has 12 rings (SSSR count). The summed E-state index contributed by atoms with van der Waals surface area (Å²) in [5.74, 6) is 0. The predicted molar refractivity (Wildman–Crippen MR) is 228 cm³/mol. The second-order valence-electron chi connectivity index (χ2n) is 16.1. The molecule has 260 valence electrons. The van der Waals surface area contributed by atoms with Gasteiger partial charge in [0, 0.05) is 27.2 Å². The second kappa shape index (κ2) is 10.7. The van der Waals surface area contributed by atoms with Crippen molar-refractivity contribution in [3.63, 3.8) is 0 Å². The van der Waals surface area contributed by atoms with Crippen LogP contribution in [-0.4, -0.2) is 0 Å². The van der Waals surface area contributed by atoms with Crippen LogP contribution < -0.4 is 4.90 Å². The molecule has 1 unspecified atom stereocenters. The fourth-order valence-corrected chi connectivity index (χ4v) is 10.8. The molecular formula is C53H37NO. The van der Waals surface area contributed by atoms with Gasteiger partial charge in [0.05, 0.1) is 17.1 Å². The van der Waals surface area contributed by atoms with Gasteiger partial charge in [-0.2, -0.15) is 0 Å². The molecule has 0 N–H and O–H groups in total. The average molecular weight is 704 g/mol. The number of fused-ring (bicyclic) bond motifs is 11. The van der Waals surface area contributed by atoms with Crippen molar-refractivity contribution in [1.29, 1.82) is 0 Å². The molecule has 2 nitrogen and oxygen atoms in total. The van der Waals surface area contributed by atoms with Crippen LogP contribution in [0.25, 0.3) is 66.4 Å². The minimum absolute atomic E-state index is 0.0877. The summed E-state index contributed by atoms with van der Waals surface area (Å²) >= 11 is 0. The van der Waals surface area contributed by atoms with E-state index in [-0.39, 0.29) is 5.41 Å². The summed E-state index contributed by atoms with van der Waals surface area (Å²) in [7, 11) is 0. The Labute approximate surface area is 320 Å². The van der Waals surface area contributed by atoms with Crippen molar-refractivity contribution in [3.05, 3.63) is 198 Å². The molecule has 0 saturated carbocycles. The Bertz CT molecular complexity index is 3110. The van der Waals surface area contributed by atoms with Crippen molar-refractivity contribution < 1.29 is 4.42 Å². The van der Waals surface area contributed by atoms with Crippen LogP contribution >= 0.6 is 0 Å². The van der Waals surface area contributed by atoms with E-state index in [1.165, 1.54) is 89.4 Å². The van der Waals surface area contributed by atoms with Crippen molar-refractivity contribution in [2.75, 3.05) is 4.90 Å². The molecule has 1 aromatic heterocycles. The number of para-hydroxylation sites is 2. The highest BCUT2D eigenvalue weighted by atomic mass is 16.3. The standard InChI is InChI=1S/C53H37NO/c1-52(2)40-24-8-5-18-38(40)48-34(20-12-26-42(48)52)33-17-6-10-27-43(33)54-44-28-13-22-36-32-16-4-9-25-41(32)53(3,50(36)44)51-37(23-14-29-45(51)54)35-21-15-31-47-49(35)39-19-7-11-30-46(39)55-47/h4-31H,1-3H3. The lowest BCUT2D eigenvalue weighted by atomic mass is 9.68. The van der Waals surface area contributed by atoms with Gasteiger partial charge in [-0.1, -0.05) is 153 Å². The van der Waals surface area contributed by atoms with E-state index < -0.39 is 5.41 Å². The molecular weight excluding hydrogens is 667 g/mol. The molecule has 0 fully saturated rings. The zero-order valence-electron chi connectivity index (χ0n) is 31.0. The summed E-state index contributed by atoms with van der Waals surface area (Å²) in [5.41, 5.74) is 21.9. The van der Waals surface area contributed by atoms with Crippen molar-refractivity contribution >= 4 is 39.0 Å². The number of rotatable bonds is 3. The Hall–Kier alpha value is -6.64. The molecule has 0 saturated heterocycles. The summed E-state index contributed by atoms with van der Waals surface area (Å²) in [5, 5.41) is 2.30. The Morgan fingerprint density at radius 2 is 0.891 bits per heavy atom. The summed E-state index contributed by atoms with van der Waals surface area (Å²) in [6.07, 6.45) is 0. The van der Waals surface area contributed by atoms with Crippen molar-refractivity contribution in [3.8, 4) is 44.5 Å². The first kappa shape index (κ1) is 30.8. The largest absolute Gasteiger partial charge is 0.456 e. The quantitative estimate of drug-likeness (QED) is 0.182. The first-order chi connectivity index (χ1) is 27.0. The molecule has 2 heteroatoms. The third-order valence-corrected chi connectivity index (χ3v) is 13.1. The topological polar surface area (TPSA) is 16.4 Å². The summed E-state index contributed by atoms with van der Waals surface area (Å²) in [6, 6.07) is 62.8. The van der Waals surface area contributed by atoms with Crippen molar-refractivity contribution in [2.24, 2.45) is 0 Å². The molecule has 0 bridgehead atoms. The maximum absolute atomic E-state index is 6.48. The van der Waals surface area contributed by atoms with Crippen LogP contribution in [0.4, 0.5) is 17.1 Å².